The van der Waals surface area contributed by atoms with E-state index >= 15 is 0 Å². The number of nitrogens with zero attached hydrogens (tertiary/aromatic N) is 2. The first kappa shape index (κ1) is 8.43. The van der Waals surface area contributed by atoms with E-state index in [0.29, 0.717) is 0 Å². The molecule has 0 radical (unpaired) electrons. The van der Waals surface area contributed by atoms with Crippen LogP contribution in [0.5, 0.6) is 0 Å². The Morgan fingerprint density at radius 3 is 3.08 bits per heavy atom. The molecule has 2 heterocycles. The van der Waals surface area contributed by atoms with Gasteiger partial charge in [-0.25, -0.2) is 4.98 Å². The lowest BCUT2D eigenvalue weighted by atomic mass is 9.98. The van der Waals surface area contributed by atoms with Crippen molar-refractivity contribution in [3.8, 4) is 0 Å². The van der Waals surface area contributed by atoms with Crippen LogP contribution in [0.2, 0.25) is 0 Å². The molecule has 0 atom stereocenters. The molecule has 0 N–H and O–H groups in total. The van der Waals surface area contributed by atoms with Crippen molar-refractivity contribution in [2.45, 2.75) is 0 Å². The Morgan fingerprint density at radius 1 is 1.58 bits per heavy atom. The molecule has 2 rings (SSSR count). The first-order valence-corrected chi connectivity index (χ1v) is 4.99. The second kappa shape index (κ2) is 2.95. The molecule has 0 aliphatic carbocycles. The second-order valence-corrected chi connectivity index (χ2v) is 4.30. The highest BCUT2D eigenvalue weighted by Crippen LogP contribution is 2.20. The van der Waals surface area contributed by atoms with Crippen molar-refractivity contribution in [3.05, 3.63) is 22.0 Å². The molecule has 2 nitrogen and oxygen atoms in total. The summed E-state index contributed by atoms with van der Waals surface area (Å²) in [4.78, 5) is 4.28. The molecule has 0 aliphatic rings. The van der Waals surface area contributed by atoms with Crippen molar-refractivity contribution in [2.75, 3.05) is 0 Å². The molecule has 0 aliphatic heterocycles. The third kappa shape index (κ3) is 1.24. The predicted molar refractivity (Wildman–Crippen MR) is 65.0 cm³/mol. The van der Waals surface area contributed by atoms with E-state index in [1.165, 1.54) is 14.4 Å². The van der Waals surface area contributed by atoms with Crippen LogP contribution in [0.25, 0.3) is 11.0 Å². The quantitative estimate of drug-likeness (QED) is 0.427. The van der Waals surface area contributed by atoms with E-state index in [0.717, 1.165) is 5.65 Å². The van der Waals surface area contributed by atoms with Gasteiger partial charge in [0.05, 0.1) is 0 Å². The lowest BCUT2D eigenvalue weighted by molar-refractivity contribution is 1.27. The molecule has 0 amide bonds. The summed E-state index contributed by atoms with van der Waals surface area (Å²) < 4.78 is 2.94. The number of pyridine rings is 1. The minimum absolute atomic E-state index is 0.924. The van der Waals surface area contributed by atoms with E-state index in [1.54, 1.807) is 3.97 Å². The third-order valence-corrected chi connectivity index (χ3v) is 2.88. The summed E-state index contributed by atoms with van der Waals surface area (Å²) in [5.74, 6) is 0. The summed E-state index contributed by atoms with van der Waals surface area (Å²) in [6, 6.07) is 2.12. The Kier molecular flexibility index (Phi) is 2.08. The molecule has 2 aromatic rings. The molecule has 0 fully saturated rings. The van der Waals surface area contributed by atoms with Crippen LogP contribution in [0.1, 0.15) is 0 Å². The number of rotatable bonds is 0. The maximum atomic E-state index is 4.28. The van der Waals surface area contributed by atoms with Crippen LogP contribution in [0, 0.1) is 3.57 Å². The van der Waals surface area contributed by atoms with Gasteiger partial charge in [0.1, 0.15) is 7.85 Å². The molecule has 12 heavy (non-hydrogen) atoms. The average molecular weight is 288 g/mol. The normalized spacial score (nSPS) is 10.8. The van der Waals surface area contributed by atoms with E-state index < -0.39 is 0 Å². The number of hydrogen-bond donors (Lipinski definition) is 1. The molecule has 60 valence electrons. The molecule has 5 heteroatoms. The number of thiol groups is 1. The van der Waals surface area contributed by atoms with Gasteiger partial charge in [0, 0.05) is 21.4 Å². The molecule has 0 unspecified atom stereocenters. The third-order valence-electron chi connectivity index (χ3n) is 1.71. The zero-order chi connectivity index (χ0) is 8.72. The number of halogens is 1. The van der Waals surface area contributed by atoms with Crippen molar-refractivity contribution in [3.63, 3.8) is 0 Å². The van der Waals surface area contributed by atoms with Gasteiger partial charge >= 0.3 is 0 Å². The fourth-order valence-electron chi connectivity index (χ4n) is 1.16. The summed E-state index contributed by atoms with van der Waals surface area (Å²) in [5.41, 5.74) is 2.10. The standard InChI is InChI=1S/C7H6BIN2S/c8-4-1-5-6(9)3-11(12)7(5)10-2-4/h1-3,12H,8H2. The Morgan fingerprint density at radius 2 is 2.33 bits per heavy atom. The first-order valence-electron chi connectivity index (χ1n) is 3.51. The Labute approximate surface area is 90.5 Å². The molecule has 0 saturated heterocycles. The van der Waals surface area contributed by atoms with Gasteiger partial charge in [-0.1, -0.05) is 24.3 Å². The van der Waals surface area contributed by atoms with E-state index in [4.69, 9.17) is 0 Å². The van der Waals surface area contributed by atoms with Gasteiger partial charge in [-0.15, -0.1) is 0 Å². The van der Waals surface area contributed by atoms with Crippen molar-refractivity contribution in [1.29, 1.82) is 0 Å². The van der Waals surface area contributed by atoms with Crippen molar-refractivity contribution < 1.29 is 0 Å². The van der Waals surface area contributed by atoms with Gasteiger partial charge in [-0.3, -0.25) is 3.97 Å². The number of fused-ring (bicyclic) bond motifs is 1. The number of aromatic nitrogens is 2. The minimum Gasteiger partial charge on any atom is -0.277 e. The van der Waals surface area contributed by atoms with Crippen LogP contribution in [0.3, 0.4) is 0 Å². The fraction of sp³-hybridized carbons (Fsp3) is 0. The van der Waals surface area contributed by atoms with Crippen LogP contribution < -0.4 is 5.46 Å². The Bertz CT molecular complexity index is 440. The predicted octanol–water partition coefficient (Wildman–Crippen LogP) is 0.592. The molecule has 0 saturated carbocycles. The van der Waals surface area contributed by atoms with Crippen LogP contribution >= 0.6 is 35.4 Å². The zero-order valence-electron chi connectivity index (χ0n) is 6.45. The SMILES string of the molecule is Bc1cnc2c(c1)c(I)cn2S. The van der Waals surface area contributed by atoms with Crippen LogP contribution in [-0.4, -0.2) is 16.8 Å². The maximum absolute atomic E-state index is 4.28. The molecule has 0 spiro atoms. The van der Waals surface area contributed by atoms with Gasteiger partial charge in [0.25, 0.3) is 0 Å². The molecular weight excluding hydrogens is 282 g/mol. The largest absolute Gasteiger partial charge is 0.277 e. The zero-order valence-corrected chi connectivity index (χ0v) is 9.50. The summed E-state index contributed by atoms with van der Waals surface area (Å²) in [5, 5.41) is 1.17. The summed E-state index contributed by atoms with van der Waals surface area (Å²) >= 11 is 6.54. The van der Waals surface area contributed by atoms with Gasteiger partial charge in [-0.05, 0) is 22.6 Å². The summed E-state index contributed by atoms with van der Waals surface area (Å²) in [6.45, 7) is 0. The molecule has 0 aromatic carbocycles. The molecular formula is C7H6BIN2S. The summed E-state index contributed by atoms with van der Waals surface area (Å²) in [6.07, 6.45) is 3.81. The molecule has 2 aromatic heterocycles. The fourth-order valence-corrected chi connectivity index (χ4v) is 2.33. The topological polar surface area (TPSA) is 17.8 Å². The second-order valence-electron chi connectivity index (χ2n) is 2.71. The highest BCUT2D eigenvalue weighted by atomic mass is 127. The maximum Gasteiger partial charge on any atom is 0.150 e. The van der Waals surface area contributed by atoms with Crippen LogP contribution in [-0.2, 0) is 0 Å². The Balaban J connectivity index is 2.90. The highest BCUT2D eigenvalue weighted by molar-refractivity contribution is 14.1. The van der Waals surface area contributed by atoms with Crippen LogP contribution in [0.15, 0.2) is 18.5 Å². The first-order chi connectivity index (χ1) is 5.68. The average Bonchev–Trinajstić information content (AvgIpc) is 2.28. The van der Waals surface area contributed by atoms with Crippen molar-refractivity contribution in [1.82, 2.24) is 8.96 Å². The van der Waals surface area contributed by atoms with E-state index in [2.05, 4.69) is 46.5 Å². The lowest BCUT2D eigenvalue weighted by Gasteiger charge is -1.94. The lowest BCUT2D eigenvalue weighted by Crippen LogP contribution is -2.02. The van der Waals surface area contributed by atoms with Gasteiger partial charge in [-0.2, -0.15) is 0 Å². The van der Waals surface area contributed by atoms with E-state index in [1.807, 2.05) is 20.2 Å². The van der Waals surface area contributed by atoms with E-state index in [-0.39, 0.29) is 0 Å². The summed E-state index contributed by atoms with van der Waals surface area (Å²) in [7, 11) is 2.04. The van der Waals surface area contributed by atoms with Gasteiger partial charge in [0.15, 0.2) is 5.65 Å². The van der Waals surface area contributed by atoms with Crippen molar-refractivity contribution >= 4 is 59.7 Å². The Hall–Kier alpha value is -0.165. The molecule has 0 bridgehead atoms. The monoisotopic (exact) mass is 288 g/mol. The number of hydrogen-bond acceptors (Lipinski definition) is 2. The van der Waals surface area contributed by atoms with Crippen LogP contribution in [0.4, 0.5) is 0 Å². The van der Waals surface area contributed by atoms with Gasteiger partial charge in [0.2, 0.25) is 0 Å². The smallest absolute Gasteiger partial charge is 0.150 e. The van der Waals surface area contributed by atoms with Gasteiger partial charge < -0.3 is 0 Å². The van der Waals surface area contributed by atoms with Crippen molar-refractivity contribution in [2.24, 2.45) is 0 Å². The van der Waals surface area contributed by atoms with E-state index in [9.17, 15) is 0 Å². The minimum atomic E-state index is 0.924. The highest BCUT2D eigenvalue weighted by Gasteiger charge is 2.04.